The smallest absolute Gasteiger partial charge is 0.199 e. The lowest BCUT2D eigenvalue weighted by atomic mass is 10.3. The summed E-state index contributed by atoms with van der Waals surface area (Å²) in [6.45, 7) is 0. The molecule has 0 aliphatic heterocycles. The summed E-state index contributed by atoms with van der Waals surface area (Å²) in [7, 11) is 0. The third kappa shape index (κ3) is 1.82. The largest absolute Gasteiger partial charge is 0.274 e. The van der Waals surface area contributed by atoms with Crippen molar-refractivity contribution in [2.45, 2.75) is 0 Å². The van der Waals surface area contributed by atoms with Gasteiger partial charge in [-0.25, -0.2) is 0 Å². The first kappa shape index (κ1) is 10.1. The number of benzene rings is 1. The topological polar surface area (TPSA) is 33.6 Å². The van der Waals surface area contributed by atoms with Gasteiger partial charge in [0, 0.05) is 8.95 Å². The molecule has 2 rings (SSSR count). The zero-order chi connectivity index (χ0) is 10.1. The number of hydrogen-bond donors (Lipinski definition) is 1. The molecule has 0 aliphatic carbocycles. The summed E-state index contributed by atoms with van der Waals surface area (Å²) >= 11 is 11.9. The van der Waals surface area contributed by atoms with E-state index in [0.29, 0.717) is 4.77 Å². The molecule has 2 aromatic rings. The Hall–Kier alpha value is -0.460. The molecule has 72 valence electrons. The minimum absolute atomic E-state index is 0.577. The zero-order valence-corrected chi connectivity index (χ0v) is 10.9. The first-order chi connectivity index (χ1) is 6.68. The lowest BCUT2D eigenvalue weighted by Crippen LogP contribution is -1.93. The molecular weight excluding hydrogens is 330 g/mol. The minimum Gasteiger partial charge on any atom is -0.274 e. The predicted molar refractivity (Wildman–Crippen MR) is 64.1 cm³/mol. The number of nitrogens with zero attached hydrogens (tertiary/aromatic N) is 2. The summed E-state index contributed by atoms with van der Waals surface area (Å²) in [5, 5.41) is 6.57. The standard InChI is InChI=1S/C8H5Br2N3S/c9-5-1-2-7(6(10)3-5)13-4-11-12-8(13)14/h1-4H,(H,12,14). The molecule has 6 heteroatoms. The highest BCUT2D eigenvalue weighted by molar-refractivity contribution is 9.11. The second-order valence-corrected chi connectivity index (χ2v) is 4.78. The van der Waals surface area contributed by atoms with Crippen molar-refractivity contribution in [3.05, 3.63) is 38.2 Å². The van der Waals surface area contributed by atoms with Gasteiger partial charge in [-0.05, 0) is 46.3 Å². The van der Waals surface area contributed by atoms with Crippen LogP contribution in [0, 0.1) is 4.77 Å². The lowest BCUT2D eigenvalue weighted by Gasteiger charge is -2.04. The monoisotopic (exact) mass is 333 g/mol. The predicted octanol–water partition coefficient (Wildman–Crippen LogP) is 3.45. The maximum Gasteiger partial charge on any atom is 0.199 e. The number of H-pyrrole nitrogens is 1. The van der Waals surface area contributed by atoms with Crippen LogP contribution in [-0.2, 0) is 0 Å². The molecule has 0 aliphatic rings. The highest BCUT2D eigenvalue weighted by Gasteiger charge is 2.03. The highest BCUT2D eigenvalue weighted by atomic mass is 79.9. The Balaban J connectivity index is 2.63. The van der Waals surface area contributed by atoms with Crippen LogP contribution in [0.4, 0.5) is 0 Å². The van der Waals surface area contributed by atoms with Crippen LogP contribution in [-0.4, -0.2) is 14.8 Å². The van der Waals surface area contributed by atoms with Gasteiger partial charge in [-0.3, -0.25) is 9.67 Å². The Morgan fingerprint density at radius 2 is 2.14 bits per heavy atom. The lowest BCUT2D eigenvalue weighted by molar-refractivity contribution is 1.02. The molecule has 0 spiro atoms. The van der Waals surface area contributed by atoms with Crippen molar-refractivity contribution in [2.75, 3.05) is 0 Å². The van der Waals surface area contributed by atoms with Crippen LogP contribution in [0.25, 0.3) is 5.69 Å². The highest BCUT2D eigenvalue weighted by Crippen LogP contribution is 2.24. The average molecular weight is 335 g/mol. The molecule has 3 nitrogen and oxygen atoms in total. The van der Waals surface area contributed by atoms with E-state index in [1.54, 1.807) is 10.9 Å². The van der Waals surface area contributed by atoms with E-state index in [9.17, 15) is 0 Å². The Morgan fingerprint density at radius 1 is 1.36 bits per heavy atom. The van der Waals surface area contributed by atoms with Crippen molar-refractivity contribution in [3.63, 3.8) is 0 Å². The van der Waals surface area contributed by atoms with E-state index in [1.807, 2.05) is 18.2 Å². The van der Waals surface area contributed by atoms with Crippen molar-refractivity contribution in [3.8, 4) is 5.69 Å². The summed E-state index contributed by atoms with van der Waals surface area (Å²) in [4.78, 5) is 0. The maximum absolute atomic E-state index is 5.07. The third-order valence-electron chi connectivity index (χ3n) is 1.72. The van der Waals surface area contributed by atoms with Crippen LogP contribution in [0.1, 0.15) is 0 Å². The molecule has 14 heavy (non-hydrogen) atoms. The van der Waals surface area contributed by atoms with Crippen LogP contribution in [0.2, 0.25) is 0 Å². The van der Waals surface area contributed by atoms with Crippen molar-refractivity contribution < 1.29 is 0 Å². The Morgan fingerprint density at radius 3 is 2.71 bits per heavy atom. The summed E-state index contributed by atoms with van der Waals surface area (Å²) < 4.78 is 4.35. The third-order valence-corrected chi connectivity index (χ3v) is 3.14. The molecule has 1 aromatic carbocycles. The van der Waals surface area contributed by atoms with Gasteiger partial charge >= 0.3 is 0 Å². The molecular formula is C8H5Br2N3S. The molecule has 0 saturated heterocycles. The molecule has 0 atom stereocenters. The fraction of sp³-hybridized carbons (Fsp3) is 0. The van der Waals surface area contributed by atoms with Crippen LogP contribution in [0.5, 0.6) is 0 Å². The summed E-state index contributed by atoms with van der Waals surface area (Å²) in [6, 6.07) is 5.87. The molecule has 0 fully saturated rings. The van der Waals surface area contributed by atoms with Gasteiger partial charge in [0.25, 0.3) is 0 Å². The van der Waals surface area contributed by atoms with E-state index in [1.165, 1.54) is 0 Å². The number of aromatic amines is 1. The fourth-order valence-corrected chi connectivity index (χ4v) is 2.53. The number of rotatable bonds is 1. The summed E-state index contributed by atoms with van der Waals surface area (Å²) in [6.07, 6.45) is 1.65. The minimum atomic E-state index is 0.577. The van der Waals surface area contributed by atoms with Crippen LogP contribution in [0.3, 0.4) is 0 Å². The molecule has 1 aromatic heterocycles. The summed E-state index contributed by atoms with van der Waals surface area (Å²) in [5.74, 6) is 0. The number of hydrogen-bond acceptors (Lipinski definition) is 2. The number of aromatic nitrogens is 3. The molecule has 0 saturated carbocycles. The van der Waals surface area contributed by atoms with Gasteiger partial charge in [0.1, 0.15) is 6.33 Å². The average Bonchev–Trinajstić information content (AvgIpc) is 2.52. The molecule has 1 N–H and O–H groups in total. The number of halogens is 2. The van der Waals surface area contributed by atoms with E-state index in [2.05, 4.69) is 42.1 Å². The van der Waals surface area contributed by atoms with E-state index >= 15 is 0 Å². The van der Waals surface area contributed by atoms with Crippen LogP contribution >= 0.6 is 44.1 Å². The van der Waals surface area contributed by atoms with E-state index in [-0.39, 0.29) is 0 Å². The molecule has 0 amide bonds. The van der Waals surface area contributed by atoms with Gasteiger partial charge in [-0.15, -0.1) is 0 Å². The second kappa shape index (κ2) is 3.96. The SMILES string of the molecule is S=c1[nH]ncn1-c1ccc(Br)cc1Br. The maximum atomic E-state index is 5.07. The van der Waals surface area contributed by atoms with Gasteiger partial charge in [0.15, 0.2) is 4.77 Å². The van der Waals surface area contributed by atoms with E-state index < -0.39 is 0 Å². The van der Waals surface area contributed by atoms with E-state index in [0.717, 1.165) is 14.6 Å². The van der Waals surface area contributed by atoms with Gasteiger partial charge in [-0.1, -0.05) is 15.9 Å². The van der Waals surface area contributed by atoms with Crippen molar-refractivity contribution in [1.82, 2.24) is 14.8 Å². The Labute approximate surface area is 102 Å². The molecule has 0 bridgehead atoms. The molecule has 1 heterocycles. The van der Waals surface area contributed by atoms with Crippen molar-refractivity contribution >= 4 is 44.1 Å². The van der Waals surface area contributed by atoms with Gasteiger partial charge in [0.2, 0.25) is 0 Å². The van der Waals surface area contributed by atoms with Crippen LogP contribution in [0.15, 0.2) is 33.5 Å². The summed E-state index contributed by atoms with van der Waals surface area (Å²) in [5.41, 5.74) is 0.965. The van der Waals surface area contributed by atoms with E-state index in [4.69, 9.17) is 12.2 Å². The van der Waals surface area contributed by atoms with Crippen molar-refractivity contribution in [2.24, 2.45) is 0 Å². The van der Waals surface area contributed by atoms with Gasteiger partial charge in [-0.2, -0.15) is 5.10 Å². The Kier molecular flexibility index (Phi) is 2.85. The molecule has 0 unspecified atom stereocenters. The molecule has 0 radical (unpaired) electrons. The van der Waals surface area contributed by atoms with Crippen molar-refractivity contribution in [1.29, 1.82) is 0 Å². The quantitative estimate of drug-likeness (QED) is 0.810. The second-order valence-electron chi connectivity index (χ2n) is 2.63. The first-order valence-electron chi connectivity index (χ1n) is 3.76. The number of nitrogens with one attached hydrogen (secondary N) is 1. The van der Waals surface area contributed by atoms with Crippen LogP contribution < -0.4 is 0 Å². The normalized spacial score (nSPS) is 10.4. The Bertz CT molecular complexity index is 517. The first-order valence-corrected chi connectivity index (χ1v) is 5.75. The van der Waals surface area contributed by atoms with Gasteiger partial charge in [0.05, 0.1) is 5.69 Å². The van der Waals surface area contributed by atoms with Gasteiger partial charge < -0.3 is 0 Å². The zero-order valence-electron chi connectivity index (χ0n) is 6.87. The fourth-order valence-electron chi connectivity index (χ4n) is 1.10.